The van der Waals surface area contributed by atoms with E-state index in [9.17, 15) is 4.79 Å². The third-order valence-electron chi connectivity index (χ3n) is 4.01. The molecule has 26 heavy (non-hydrogen) atoms. The normalized spacial score (nSPS) is 11.0. The van der Waals surface area contributed by atoms with Crippen molar-refractivity contribution >= 4 is 38.7 Å². The molecule has 0 aliphatic carbocycles. The smallest absolute Gasteiger partial charge is 0.268 e. The van der Waals surface area contributed by atoms with Crippen molar-refractivity contribution in [3.05, 3.63) is 52.8 Å². The van der Waals surface area contributed by atoms with E-state index in [0.717, 1.165) is 38.4 Å². The number of benzene rings is 1. The van der Waals surface area contributed by atoms with Gasteiger partial charge in [0.15, 0.2) is 4.96 Å². The second-order valence-corrected chi connectivity index (χ2v) is 7.59. The molecule has 0 aliphatic rings. The van der Waals surface area contributed by atoms with Crippen LogP contribution in [0, 0.1) is 13.8 Å². The summed E-state index contributed by atoms with van der Waals surface area (Å²) >= 11 is 2.66. The zero-order valence-electron chi connectivity index (χ0n) is 14.4. The number of fused-ring (bicyclic) bond motifs is 1. The summed E-state index contributed by atoms with van der Waals surface area (Å²) in [6, 6.07) is 9.62. The van der Waals surface area contributed by atoms with Crippen LogP contribution in [0.15, 0.2) is 36.5 Å². The van der Waals surface area contributed by atoms with Crippen LogP contribution in [-0.2, 0) is 0 Å². The first-order valence-electron chi connectivity index (χ1n) is 7.93. The average molecular weight is 384 g/mol. The highest BCUT2D eigenvalue weighted by atomic mass is 32.1. The van der Waals surface area contributed by atoms with Gasteiger partial charge in [0.2, 0.25) is 0 Å². The molecule has 4 rings (SSSR count). The first-order valence-corrected chi connectivity index (χ1v) is 9.51. The van der Waals surface area contributed by atoms with E-state index in [4.69, 9.17) is 4.74 Å². The molecule has 0 atom stereocenters. The molecular weight excluding hydrogens is 368 g/mol. The molecular formula is C18H16N4O2S2. The van der Waals surface area contributed by atoms with Crippen molar-refractivity contribution in [2.75, 3.05) is 12.4 Å². The molecule has 0 spiro atoms. The fourth-order valence-electron chi connectivity index (χ4n) is 2.65. The number of methoxy groups -OCH3 is 1. The van der Waals surface area contributed by atoms with Gasteiger partial charge in [0.25, 0.3) is 5.91 Å². The van der Waals surface area contributed by atoms with E-state index >= 15 is 0 Å². The van der Waals surface area contributed by atoms with Crippen molar-refractivity contribution in [2.24, 2.45) is 0 Å². The van der Waals surface area contributed by atoms with Crippen LogP contribution >= 0.6 is 22.9 Å². The van der Waals surface area contributed by atoms with E-state index in [0.29, 0.717) is 4.88 Å². The van der Waals surface area contributed by atoms with Crippen molar-refractivity contribution in [2.45, 2.75) is 13.8 Å². The molecule has 0 radical (unpaired) electrons. The number of imidazole rings is 1. The van der Waals surface area contributed by atoms with Gasteiger partial charge in [0, 0.05) is 17.5 Å². The summed E-state index contributed by atoms with van der Waals surface area (Å²) in [6.45, 7) is 3.83. The second kappa shape index (κ2) is 6.54. The minimum atomic E-state index is -0.132. The lowest BCUT2D eigenvalue weighted by Gasteiger charge is -2.01. The summed E-state index contributed by atoms with van der Waals surface area (Å²) in [5, 5.41) is 3.65. The summed E-state index contributed by atoms with van der Waals surface area (Å²) in [6.07, 6.45) is 1.95. The first kappa shape index (κ1) is 16.7. The molecule has 4 aromatic rings. The summed E-state index contributed by atoms with van der Waals surface area (Å²) in [5.41, 5.74) is 3.64. The molecule has 6 nitrogen and oxygen atoms in total. The van der Waals surface area contributed by atoms with E-state index in [-0.39, 0.29) is 5.91 Å². The summed E-state index contributed by atoms with van der Waals surface area (Å²) < 4.78 is 11.3. The number of nitrogens with one attached hydrogen (secondary N) is 1. The van der Waals surface area contributed by atoms with E-state index in [1.165, 1.54) is 22.9 Å². The third-order valence-corrected chi connectivity index (χ3v) is 5.96. The lowest BCUT2D eigenvalue weighted by Crippen LogP contribution is -2.10. The van der Waals surface area contributed by atoms with Crippen molar-refractivity contribution in [1.29, 1.82) is 0 Å². The number of ether oxygens (including phenoxy) is 1. The predicted octanol–water partition coefficient (Wildman–Crippen LogP) is 4.40. The van der Waals surface area contributed by atoms with E-state index in [1.54, 1.807) is 7.11 Å². The Kier molecular flexibility index (Phi) is 4.21. The van der Waals surface area contributed by atoms with Gasteiger partial charge in [-0.3, -0.25) is 9.20 Å². The van der Waals surface area contributed by atoms with Crippen molar-refractivity contribution in [3.63, 3.8) is 0 Å². The predicted molar refractivity (Wildman–Crippen MR) is 105 cm³/mol. The Bertz CT molecular complexity index is 1090. The standard InChI is InChI=1S/C18H16N4O2S2/c1-10-8-15(26-21-10)20-17(23)16-11(2)22-9-14(19-18(22)25-16)12-4-6-13(24-3)7-5-12/h4-9H,1-3H3,(H,20,23). The number of aryl methyl sites for hydroxylation is 2. The number of amides is 1. The van der Waals surface area contributed by atoms with Crippen LogP contribution in [0.25, 0.3) is 16.2 Å². The van der Waals surface area contributed by atoms with Gasteiger partial charge in [-0.05, 0) is 55.7 Å². The van der Waals surface area contributed by atoms with Crippen LogP contribution in [-0.4, -0.2) is 26.8 Å². The van der Waals surface area contributed by atoms with Crippen LogP contribution in [0.5, 0.6) is 5.75 Å². The van der Waals surface area contributed by atoms with Crippen molar-refractivity contribution in [3.8, 4) is 17.0 Å². The molecule has 132 valence electrons. The lowest BCUT2D eigenvalue weighted by molar-refractivity contribution is 0.103. The summed E-state index contributed by atoms with van der Waals surface area (Å²) in [7, 11) is 1.64. The fraction of sp³-hybridized carbons (Fsp3) is 0.167. The number of hydrogen-bond acceptors (Lipinski definition) is 6. The molecule has 0 saturated heterocycles. The largest absolute Gasteiger partial charge is 0.497 e. The fourth-order valence-corrected chi connectivity index (χ4v) is 4.31. The van der Waals surface area contributed by atoms with Crippen LogP contribution in [0.4, 0.5) is 5.00 Å². The number of rotatable bonds is 4. The monoisotopic (exact) mass is 384 g/mol. The number of carbonyl (C=O) groups is 1. The van der Waals surface area contributed by atoms with Crippen LogP contribution < -0.4 is 10.1 Å². The Morgan fingerprint density at radius 2 is 2.00 bits per heavy atom. The molecule has 0 unspecified atom stereocenters. The highest BCUT2D eigenvalue weighted by molar-refractivity contribution is 7.19. The maximum Gasteiger partial charge on any atom is 0.268 e. The molecule has 8 heteroatoms. The Morgan fingerprint density at radius 1 is 1.23 bits per heavy atom. The number of nitrogens with zero attached hydrogens (tertiary/aromatic N) is 3. The number of anilines is 1. The van der Waals surface area contributed by atoms with E-state index in [2.05, 4.69) is 14.7 Å². The molecule has 0 bridgehead atoms. The topological polar surface area (TPSA) is 68.5 Å². The average Bonchev–Trinajstić information content (AvgIpc) is 3.32. The minimum Gasteiger partial charge on any atom is -0.497 e. The molecule has 0 aliphatic heterocycles. The van der Waals surface area contributed by atoms with Gasteiger partial charge in [0.05, 0.1) is 18.5 Å². The van der Waals surface area contributed by atoms with E-state index in [1.807, 2.05) is 54.8 Å². The lowest BCUT2D eigenvalue weighted by atomic mass is 10.2. The number of aromatic nitrogens is 3. The Labute approximate surface area is 158 Å². The summed E-state index contributed by atoms with van der Waals surface area (Å²) in [5.74, 6) is 0.677. The Balaban J connectivity index is 1.63. The van der Waals surface area contributed by atoms with Gasteiger partial charge >= 0.3 is 0 Å². The SMILES string of the molecule is COc1ccc(-c2cn3c(C)c(C(=O)Nc4cc(C)ns4)sc3n2)cc1. The molecule has 0 saturated carbocycles. The first-order chi connectivity index (χ1) is 12.5. The van der Waals surface area contributed by atoms with Crippen molar-refractivity contribution < 1.29 is 9.53 Å². The molecule has 0 fully saturated rings. The maximum atomic E-state index is 12.6. The van der Waals surface area contributed by atoms with Gasteiger partial charge in [-0.2, -0.15) is 4.37 Å². The maximum absolute atomic E-state index is 12.6. The zero-order valence-corrected chi connectivity index (χ0v) is 16.1. The van der Waals surface area contributed by atoms with Gasteiger partial charge in [-0.15, -0.1) is 0 Å². The highest BCUT2D eigenvalue weighted by Gasteiger charge is 2.19. The molecule has 1 amide bonds. The molecule has 1 N–H and O–H groups in total. The molecule has 1 aromatic carbocycles. The number of thiazole rings is 1. The van der Waals surface area contributed by atoms with Crippen LogP contribution in [0.3, 0.4) is 0 Å². The van der Waals surface area contributed by atoms with Crippen LogP contribution in [0.1, 0.15) is 21.1 Å². The van der Waals surface area contributed by atoms with Gasteiger partial charge in [-0.1, -0.05) is 11.3 Å². The second-order valence-electron chi connectivity index (χ2n) is 5.81. The number of carbonyl (C=O) groups excluding carboxylic acids is 1. The minimum absolute atomic E-state index is 0.132. The third kappa shape index (κ3) is 2.97. The Morgan fingerprint density at radius 3 is 2.62 bits per heavy atom. The van der Waals surface area contributed by atoms with Gasteiger partial charge in [0.1, 0.15) is 15.6 Å². The van der Waals surface area contributed by atoms with Gasteiger partial charge < -0.3 is 10.1 Å². The zero-order chi connectivity index (χ0) is 18.3. The Hall–Kier alpha value is -2.71. The number of hydrogen-bond donors (Lipinski definition) is 1. The van der Waals surface area contributed by atoms with Crippen LogP contribution in [0.2, 0.25) is 0 Å². The quantitative estimate of drug-likeness (QED) is 0.566. The van der Waals surface area contributed by atoms with Gasteiger partial charge in [-0.25, -0.2) is 4.98 Å². The van der Waals surface area contributed by atoms with Crippen molar-refractivity contribution in [1.82, 2.24) is 13.8 Å². The van der Waals surface area contributed by atoms with E-state index < -0.39 is 0 Å². The molecule has 3 aromatic heterocycles. The molecule has 3 heterocycles. The highest BCUT2D eigenvalue weighted by Crippen LogP contribution is 2.29. The summed E-state index contributed by atoms with van der Waals surface area (Å²) in [4.78, 5) is 18.7.